The fraction of sp³-hybridized carbons (Fsp3) is 0.250. The summed E-state index contributed by atoms with van der Waals surface area (Å²) >= 11 is 5.54. The summed E-state index contributed by atoms with van der Waals surface area (Å²) in [4.78, 5) is 3.98. The lowest BCUT2D eigenvalue weighted by Gasteiger charge is -2.06. The Bertz CT molecular complexity index is 519. The Hall–Kier alpha value is -1.49. The summed E-state index contributed by atoms with van der Waals surface area (Å²) < 4.78 is 42.5. The number of alkyl halides is 4. The summed E-state index contributed by atoms with van der Waals surface area (Å²) in [6.45, 7) is 0. The van der Waals surface area contributed by atoms with Gasteiger partial charge in [0.15, 0.2) is 11.7 Å². The van der Waals surface area contributed by atoms with E-state index in [1.54, 1.807) is 0 Å². The van der Waals surface area contributed by atoms with Crippen LogP contribution in [0.4, 0.5) is 13.2 Å². The number of benzene rings is 1. The maximum Gasteiger partial charge on any atom is 0.416 e. The topological polar surface area (TPSA) is 26.0 Å². The van der Waals surface area contributed by atoms with Gasteiger partial charge in [-0.05, 0) is 12.1 Å². The Labute approximate surface area is 106 Å². The predicted molar refractivity (Wildman–Crippen MR) is 61.4 cm³/mol. The van der Waals surface area contributed by atoms with Crippen LogP contribution in [0.3, 0.4) is 0 Å². The molecule has 0 atom stereocenters. The average Bonchev–Trinajstić information content (AvgIpc) is 2.77. The first-order chi connectivity index (χ1) is 8.50. The van der Waals surface area contributed by atoms with E-state index in [1.165, 1.54) is 18.3 Å². The quantitative estimate of drug-likeness (QED) is 0.787. The van der Waals surface area contributed by atoms with E-state index in [1.807, 2.05) is 0 Å². The first-order valence-electron chi connectivity index (χ1n) is 5.19. The van der Waals surface area contributed by atoms with E-state index in [2.05, 4.69) is 4.98 Å². The van der Waals surface area contributed by atoms with Crippen molar-refractivity contribution in [1.82, 2.24) is 4.98 Å². The SMILES string of the molecule is FC(F)(F)c1ccc(-c2cnc(CCCl)o2)cc1. The second-order valence-electron chi connectivity index (χ2n) is 3.63. The Kier molecular flexibility index (Phi) is 3.61. The van der Waals surface area contributed by atoms with Crippen molar-refractivity contribution in [2.24, 2.45) is 0 Å². The van der Waals surface area contributed by atoms with Crippen LogP contribution in [0.25, 0.3) is 11.3 Å². The van der Waals surface area contributed by atoms with Gasteiger partial charge in [-0.25, -0.2) is 4.98 Å². The lowest BCUT2D eigenvalue weighted by atomic mass is 10.1. The third kappa shape index (κ3) is 2.85. The van der Waals surface area contributed by atoms with Gasteiger partial charge in [0.25, 0.3) is 0 Å². The molecule has 1 aromatic heterocycles. The van der Waals surface area contributed by atoms with Crippen LogP contribution < -0.4 is 0 Å². The van der Waals surface area contributed by atoms with Gasteiger partial charge in [-0.3, -0.25) is 0 Å². The molecule has 0 N–H and O–H groups in total. The molecule has 0 bridgehead atoms. The van der Waals surface area contributed by atoms with Gasteiger partial charge in [0, 0.05) is 17.9 Å². The summed E-state index contributed by atoms with van der Waals surface area (Å²) in [6.07, 6.45) is -2.36. The zero-order valence-corrected chi connectivity index (χ0v) is 9.92. The van der Waals surface area contributed by atoms with Gasteiger partial charge in [-0.15, -0.1) is 11.6 Å². The molecule has 2 aromatic rings. The molecular weight excluding hydrogens is 267 g/mol. The Morgan fingerprint density at radius 2 is 1.83 bits per heavy atom. The maximum atomic E-state index is 12.4. The number of rotatable bonds is 3. The van der Waals surface area contributed by atoms with Gasteiger partial charge >= 0.3 is 6.18 Å². The minimum Gasteiger partial charge on any atom is -0.441 e. The summed E-state index contributed by atoms with van der Waals surface area (Å²) in [5.41, 5.74) is -0.136. The van der Waals surface area contributed by atoms with Crippen LogP contribution in [0.5, 0.6) is 0 Å². The molecule has 0 aliphatic carbocycles. The normalized spacial score (nSPS) is 11.8. The number of hydrogen-bond acceptors (Lipinski definition) is 2. The third-order valence-electron chi connectivity index (χ3n) is 2.36. The molecular formula is C12H9ClF3NO. The molecule has 0 radical (unpaired) electrons. The van der Waals surface area contributed by atoms with Gasteiger partial charge in [-0.1, -0.05) is 12.1 Å². The van der Waals surface area contributed by atoms with E-state index in [4.69, 9.17) is 16.0 Å². The van der Waals surface area contributed by atoms with E-state index in [9.17, 15) is 13.2 Å². The van der Waals surface area contributed by atoms with Crippen LogP contribution in [0.15, 0.2) is 34.9 Å². The fourth-order valence-electron chi connectivity index (χ4n) is 1.46. The molecule has 18 heavy (non-hydrogen) atoms. The fourth-order valence-corrected chi connectivity index (χ4v) is 1.63. The molecule has 0 fully saturated rings. The molecule has 0 spiro atoms. The van der Waals surface area contributed by atoms with Crippen LogP contribution in [-0.2, 0) is 12.6 Å². The Morgan fingerprint density at radius 1 is 1.17 bits per heavy atom. The van der Waals surface area contributed by atoms with Crippen molar-refractivity contribution in [2.75, 3.05) is 5.88 Å². The van der Waals surface area contributed by atoms with Gasteiger partial charge in [-0.2, -0.15) is 13.2 Å². The zero-order valence-electron chi connectivity index (χ0n) is 9.17. The van der Waals surface area contributed by atoms with Crippen molar-refractivity contribution >= 4 is 11.6 Å². The number of oxazole rings is 1. The van der Waals surface area contributed by atoms with E-state index in [-0.39, 0.29) is 0 Å². The van der Waals surface area contributed by atoms with Gasteiger partial charge in [0.2, 0.25) is 0 Å². The number of hydrogen-bond donors (Lipinski definition) is 0. The summed E-state index contributed by atoms with van der Waals surface area (Å²) in [7, 11) is 0. The van der Waals surface area contributed by atoms with Crippen molar-refractivity contribution in [3.8, 4) is 11.3 Å². The number of nitrogens with zero attached hydrogens (tertiary/aromatic N) is 1. The molecule has 96 valence electrons. The number of aromatic nitrogens is 1. The predicted octanol–water partition coefficient (Wildman–Crippen LogP) is 4.14. The van der Waals surface area contributed by atoms with Crippen molar-refractivity contribution in [3.63, 3.8) is 0 Å². The first-order valence-corrected chi connectivity index (χ1v) is 5.72. The maximum absolute atomic E-state index is 12.4. The molecule has 1 aromatic carbocycles. The van der Waals surface area contributed by atoms with Crippen LogP contribution in [0.1, 0.15) is 11.5 Å². The summed E-state index contributed by atoms with van der Waals surface area (Å²) in [5, 5.41) is 0. The second-order valence-corrected chi connectivity index (χ2v) is 4.01. The lowest BCUT2D eigenvalue weighted by Crippen LogP contribution is -2.03. The molecule has 2 rings (SSSR count). The Morgan fingerprint density at radius 3 is 2.39 bits per heavy atom. The highest BCUT2D eigenvalue weighted by Gasteiger charge is 2.30. The van der Waals surface area contributed by atoms with Crippen LogP contribution in [-0.4, -0.2) is 10.9 Å². The molecule has 0 unspecified atom stereocenters. The third-order valence-corrected chi connectivity index (χ3v) is 2.55. The standard InChI is InChI=1S/C12H9ClF3NO/c13-6-5-11-17-7-10(18-11)8-1-3-9(4-2-8)12(14,15)16/h1-4,7H,5-6H2. The van der Waals surface area contributed by atoms with Gasteiger partial charge in [0.05, 0.1) is 11.8 Å². The summed E-state index contributed by atoms with van der Waals surface area (Å²) in [5.74, 6) is 1.29. The number of halogens is 4. The molecule has 0 amide bonds. The van der Waals surface area contributed by atoms with Crippen molar-refractivity contribution in [3.05, 3.63) is 41.9 Å². The molecule has 0 saturated carbocycles. The van der Waals surface area contributed by atoms with Gasteiger partial charge < -0.3 is 4.42 Å². The summed E-state index contributed by atoms with van der Waals surface area (Å²) in [6, 6.07) is 4.74. The van der Waals surface area contributed by atoms with Crippen LogP contribution in [0, 0.1) is 0 Å². The second kappa shape index (κ2) is 5.02. The molecule has 1 heterocycles. The molecule has 0 aliphatic rings. The zero-order chi connectivity index (χ0) is 13.2. The highest BCUT2D eigenvalue weighted by molar-refractivity contribution is 6.17. The first kappa shape index (κ1) is 13.0. The van der Waals surface area contributed by atoms with Crippen molar-refractivity contribution < 1.29 is 17.6 Å². The molecule has 6 heteroatoms. The number of aryl methyl sites for hydroxylation is 1. The largest absolute Gasteiger partial charge is 0.441 e. The molecule has 0 aliphatic heterocycles. The van der Waals surface area contributed by atoms with Crippen LogP contribution >= 0.6 is 11.6 Å². The van der Waals surface area contributed by atoms with E-state index >= 15 is 0 Å². The highest BCUT2D eigenvalue weighted by atomic mass is 35.5. The van der Waals surface area contributed by atoms with Crippen molar-refractivity contribution in [1.29, 1.82) is 0 Å². The minimum atomic E-state index is -4.33. The molecule has 0 saturated heterocycles. The average molecular weight is 276 g/mol. The van der Waals surface area contributed by atoms with Crippen LogP contribution in [0.2, 0.25) is 0 Å². The lowest BCUT2D eigenvalue weighted by molar-refractivity contribution is -0.137. The van der Waals surface area contributed by atoms with Crippen molar-refractivity contribution in [2.45, 2.75) is 12.6 Å². The smallest absolute Gasteiger partial charge is 0.416 e. The monoisotopic (exact) mass is 275 g/mol. The Balaban J connectivity index is 2.23. The van der Waals surface area contributed by atoms with E-state index in [0.717, 1.165) is 12.1 Å². The molecule has 2 nitrogen and oxygen atoms in total. The highest BCUT2D eigenvalue weighted by Crippen LogP contribution is 2.31. The van der Waals surface area contributed by atoms with Gasteiger partial charge in [0.1, 0.15) is 0 Å². The minimum absolute atomic E-state index is 0.382. The van der Waals surface area contributed by atoms with E-state index in [0.29, 0.717) is 29.5 Å². The van der Waals surface area contributed by atoms with E-state index < -0.39 is 11.7 Å².